The fourth-order valence-electron chi connectivity index (χ4n) is 1.35. The molecule has 0 aliphatic carbocycles. The molecule has 1 aromatic rings. The van der Waals surface area contributed by atoms with Crippen molar-refractivity contribution in [3.05, 3.63) is 43.0 Å². The lowest BCUT2D eigenvalue weighted by atomic mass is 10.1. The molecule has 0 saturated carbocycles. The van der Waals surface area contributed by atoms with E-state index in [2.05, 4.69) is 28.8 Å². The van der Waals surface area contributed by atoms with Gasteiger partial charge in [-0.05, 0) is 5.57 Å². The molecule has 0 unspecified atom stereocenters. The molecule has 4 nitrogen and oxygen atoms in total. The van der Waals surface area contributed by atoms with Gasteiger partial charge in [0.25, 0.3) is 0 Å². The van der Waals surface area contributed by atoms with Crippen LogP contribution < -0.4 is 5.43 Å². The van der Waals surface area contributed by atoms with Crippen LogP contribution >= 0.6 is 0 Å². The molecule has 1 aliphatic rings. The fourth-order valence-corrected chi connectivity index (χ4v) is 1.35. The highest BCUT2D eigenvalue weighted by molar-refractivity contribution is 5.76. The maximum atomic E-state index is 3.98. The molecule has 1 N–H and O–H groups in total. The van der Waals surface area contributed by atoms with Crippen molar-refractivity contribution < 1.29 is 0 Å². The van der Waals surface area contributed by atoms with Crippen molar-refractivity contribution in [3.8, 4) is 0 Å². The van der Waals surface area contributed by atoms with Crippen LogP contribution in [-0.2, 0) is 0 Å². The molecule has 0 bridgehead atoms. The van der Waals surface area contributed by atoms with Crippen LogP contribution in [0.25, 0.3) is 5.57 Å². The van der Waals surface area contributed by atoms with Crippen molar-refractivity contribution in [2.75, 3.05) is 12.0 Å². The molecule has 0 amide bonds. The molecule has 0 atom stereocenters. The Morgan fingerprint density at radius 2 is 2.31 bits per heavy atom. The first-order chi connectivity index (χ1) is 6.36. The minimum Gasteiger partial charge on any atom is -0.318 e. The number of hydrogen-bond donors (Lipinski definition) is 1. The Morgan fingerprint density at radius 3 is 3.00 bits per heavy atom. The molecule has 1 aliphatic heterocycles. The number of fused-ring (bicyclic) bond motifs is 1. The highest BCUT2D eigenvalue weighted by atomic mass is 15.5. The van der Waals surface area contributed by atoms with E-state index in [0.717, 1.165) is 23.5 Å². The Bertz CT molecular complexity index is 386. The summed E-state index contributed by atoms with van der Waals surface area (Å²) >= 11 is 0. The summed E-state index contributed by atoms with van der Waals surface area (Å²) in [5, 5.41) is 7.79. The molecular formula is C9H10N4. The Kier molecular flexibility index (Phi) is 1.73. The maximum absolute atomic E-state index is 3.98. The average Bonchev–Trinajstić information content (AvgIpc) is 2.63. The minimum absolute atomic E-state index is 0.732. The van der Waals surface area contributed by atoms with Gasteiger partial charge in [-0.3, -0.25) is 0 Å². The molecule has 0 spiro atoms. The van der Waals surface area contributed by atoms with E-state index in [0.29, 0.717) is 0 Å². The van der Waals surface area contributed by atoms with Crippen LogP contribution in [0.3, 0.4) is 0 Å². The molecule has 4 heteroatoms. The van der Waals surface area contributed by atoms with Gasteiger partial charge >= 0.3 is 0 Å². The van der Waals surface area contributed by atoms with Gasteiger partial charge in [0, 0.05) is 5.57 Å². The van der Waals surface area contributed by atoms with Gasteiger partial charge in [-0.25, -0.2) is 4.68 Å². The third kappa shape index (κ3) is 1.07. The summed E-state index contributed by atoms with van der Waals surface area (Å²) in [7, 11) is 0. The Balaban J connectivity index is 2.60. The summed E-state index contributed by atoms with van der Waals surface area (Å²) in [6.07, 6.45) is 5.22. The van der Waals surface area contributed by atoms with Gasteiger partial charge in [-0.15, -0.1) is 10.2 Å². The highest BCUT2D eigenvalue weighted by Gasteiger charge is 2.15. The van der Waals surface area contributed by atoms with Crippen molar-refractivity contribution in [1.82, 2.24) is 14.9 Å². The van der Waals surface area contributed by atoms with E-state index in [4.69, 9.17) is 0 Å². The lowest BCUT2D eigenvalue weighted by Gasteiger charge is -2.18. The molecule has 0 aromatic carbocycles. The highest BCUT2D eigenvalue weighted by Crippen LogP contribution is 2.20. The molecule has 2 heterocycles. The van der Waals surface area contributed by atoms with Crippen LogP contribution in [0.2, 0.25) is 0 Å². The van der Waals surface area contributed by atoms with E-state index in [9.17, 15) is 0 Å². The first-order valence-electron chi connectivity index (χ1n) is 3.99. The zero-order valence-electron chi connectivity index (χ0n) is 7.20. The molecule has 0 fully saturated rings. The van der Waals surface area contributed by atoms with Gasteiger partial charge in [0.1, 0.15) is 6.33 Å². The van der Waals surface area contributed by atoms with Gasteiger partial charge in [0.2, 0.25) is 0 Å². The Morgan fingerprint density at radius 1 is 1.46 bits per heavy atom. The smallest absolute Gasteiger partial charge is 0.182 e. The minimum atomic E-state index is 0.732. The Hall–Kier alpha value is -1.84. The van der Waals surface area contributed by atoms with E-state index in [1.165, 1.54) is 0 Å². The first kappa shape index (κ1) is 7.79. The van der Waals surface area contributed by atoms with Gasteiger partial charge in [-0.2, -0.15) is 0 Å². The summed E-state index contributed by atoms with van der Waals surface area (Å²) in [6.45, 7) is 8.22. The molecule has 1 aromatic heterocycles. The quantitative estimate of drug-likeness (QED) is 0.726. The summed E-state index contributed by atoms with van der Waals surface area (Å²) in [5.74, 6) is 0.788. The predicted octanol–water partition coefficient (Wildman–Crippen LogP) is 0.961. The van der Waals surface area contributed by atoms with Crippen molar-refractivity contribution in [2.45, 2.75) is 0 Å². The number of hydrogen-bond acceptors (Lipinski definition) is 3. The molecule has 66 valence electrons. The van der Waals surface area contributed by atoms with E-state index < -0.39 is 0 Å². The second kappa shape index (κ2) is 2.90. The zero-order chi connectivity index (χ0) is 9.26. The van der Waals surface area contributed by atoms with Gasteiger partial charge < -0.3 is 5.43 Å². The summed E-state index contributed by atoms with van der Waals surface area (Å²) < 4.78 is 1.78. The number of aromatic nitrogens is 3. The second-order valence-corrected chi connectivity index (χ2v) is 2.71. The van der Waals surface area contributed by atoms with Gasteiger partial charge in [0.15, 0.2) is 5.82 Å². The number of rotatable bonds is 2. The third-order valence-corrected chi connectivity index (χ3v) is 2.02. The van der Waals surface area contributed by atoms with Crippen LogP contribution in [0.1, 0.15) is 5.82 Å². The lowest BCUT2D eigenvalue weighted by molar-refractivity contribution is 0.839. The van der Waals surface area contributed by atoms with E-state index >= 15 is 0 Å². The topological polar surface area (TPSA) is 42.7 Å². The monoisotopic (exact) mass is 174 g/mol. The fraction of sp³-hybridized carbons (Fsp3) is 0.111. The van der Waals surface area contributed by atoms with Gasteiger partial charge in [0.05, 0.1) is 6.54 Å². The standard InChI is InChI=1S/C9H10N4/c1-3-7-5-11-13-6-10-12-9(13)8(7)4-2/h3-4,6,11H,1-2,5H2. The molecular weight excluding hydrogens is 164 g/mol. The summed E-state index contributed by atoms with van der Waals surface area (Å²) in [5.41, 5.74) is 5.21. The zero-order valence-corrected chi connectivity index (χ0v) is 7.20. The molecule has 13 heavy (non-hydrogen) atoms. The largest absolute Gasteiger partial charge is 0.318 e. The Labute approximate surface area is 76.3 Å². The normalized spacial score (nSPS) is 14.8. The third-order valence-electron chi connectivity index (χ3n) is 2.02. The SMILES string of the molecule is C=CC1=C(C=C)c2nncn2NC1. The van der Waals surface area contributed by atoms with E-state index in [-0.39, 0.29) is 0 Å². The molecule has 2 rings (SSSR count). The van der Waals surface area contributed by atoms with Crippen LogP contribution in [0.15, 0.2) is 37.2 Å². The van der Waals surface area contributed by atoms with Gasteiger partial charge in [-0.1, -0.05) is 25.3 Å². The molecule has 0 radical (unpaired) electrons. The van der Waals surface area contributed by atoms with Crippen LogP contribution in [0.5, 0.6) is 0 Å². The number of nitrogens with one attached hydrogen (secondary N) is 1. The van der Waals surface area contributed by atoms with Crippen molar-refractivity contribution in [2.24, 2.45) is 0 Å². The maximum Gasteiger partial charge on any atom is 0.182 e. The number of nitrogens with zero attached hydrogens (tertiary/aromatic N) is 3. The van der Waals surface area contributed by atoms with Crippen LogP contribution in [-0.4, -0.2) is 21.4 Å². The van der Waals surface area contributed by atoms with Crippen molar-refractivity contribution in [1.29, 1.82) is 0 Å². The summed E-state index contributed by atoms with van der Waals surface area (Å²) in [6, 6.07) is 0. The lowest BCUT2D eigenvalue weighted by Crippen LogP contribution is -2.23. The predicted molar refractivity (Wildman–Crippen MR) is 51.6 cm³/mol. The molecule has 0 saturated heterocycles. The van der Waals surface area contributed by atoms with E-state index in [1.807, 2.05) is 6.08 Å². The van der Waals surface area contributed by atoms with Crippen molar-refractivity contribution in [3.63, 3.8) is 0 Å². The second-order valence-electron chi connectivity index (χ2n) is 2.71. The van der Waals surface area contributed by atoms with E-state index in [1.54, 1.807) is 17.1 Å². The van der Waals surface area contributed by atoms with Crippen LogP contribution in [0, 0.1) is 0 Å². The number of allylic oxidation sites excluding steroid dienone is 2. The summed E-state index contributed by atoms with van der Waals surface area (Å²) in [4.78, 5) is 0. The average molecular weight is 174 g/mol. The van der Waals surface area contributed by atoms with Crippen LogP contribution in [0.4, 0.5) is 0 Å². The first-order valence-corrected chi connectivity index (χ1v) is 3.99. The van der Waals surface area contributed by atoms with Crippen molar-refractivity contribution >= 4 is 5.57 Å².